The number of carbonyl (C=O) groups is 2. The van der Waals surface area contributed by atoms with Gasteiger partial charge in [0, 0.05) is 42.3 Å². The lowest BCUT2D eigenvalue weighted by Gasteiger charge is -2.35. The first-order valence-electron chi connectivity index (χ1n) is 8.45. The molecule has 10 nitrogen and oxygen atoms in total. The third kappa shape index (κ3) is 4.47. The summed E-state index contributed by atoms with van der Waals surface area (Å²) in [6.07, 6.45) is 3.10. The second-order valence-electron chi connectivity index (χ2n) is 5.93. The number of nitrogens with zero attached hydrogens (tertiary/aromatic N) is 5. The van der Waals surface area contributed by atoms with Crippen molar-refractivity contribution in [1.82, 2.24) is 19.9 Å². The monoisotopic (exact) mass is 375 g/mol. The number of ether oxygens (including phenoxy) is 1. The molecule has 146 valence electrons. The number of nitrogens with one attached hydrogen (secondary N) is 1. The number of methoxy groups -OCH3 is 1. The summed E-state index contributed by atoms with van der Waals surface area (Å²) in [4.78, 5) is 40.5. The van der Waals surface area contributed by atoms with Crippen molar-refractivity contribution in [3.8, 4) is 0 Å². The second-order valence-corrected chi connectivity index (χ2v) is 5.93. The Bertz CT molecular complexity index is 818. The molecule has 27 heavy (non-hydrogen) atoms. The number of pyridine rings is 1. The smallest absolute Gasteiger partial charge is 0.279 e. The van der Waals surface area contributed by atoms with Gasteiger partial charge in [-0.2, -0.15) is 0 Å². The number of rotatable bonds is 5. The van der Waals surface area contributed by atoms with Gasteiger partial charge in [-0.05, 0) is 12.1 Å². The van der Waals surface area contributed by atoms with E-state index >= 15 is 0 Å². The first-order valence-corrected chi connectivity index (χ1v) is 8.45. The summed E-state index contributed by atoms with van der Waals surface area (Å²) >= 11 is 0. The van der Waals surface area contributed by atoms with Gasteiger partial charge in [0.25, 0.3) is 5.91 Å². The number of piperazine rings is 1. The first-order chi connectivity index (χ1) is 13.1. The molecule has 1 saturated heterocycles. The van der Waals surface area contributed by atoms with E-state index in [0.29, 0.717) is 37.8 Å². The fourth-order valence-corrected chi connectivity index (χ4v) is 2.72. The van der Waals surface area contributed by atoms with Crippen LogP contribution in [0.2, 0.25) is 0 Å². The molecule has 3 heterocycles. The van der Waals surface area contributed by atoms with Crippen LogP contribution in [-0.2, 0) is 9.53 Å². The normalized spacial score (nSPS) is 14.1. The van der Waals surface area contributed by atoms with Crippen molar-refractivity contribution >= 4 is 29.3 Å². The zero-order valence-corrected chi connectivity index (χ0v) is 15.0. The van der Waals surface area contributed by atoms with Gasteiger partial charge < -0.3 is 25.6 Å². The predicted molar refractivity (Wildman–Crippen MR) is 104 cm³/mol. The summed E-state index contributed by atoms with van der Waals surface area (Å²) in [5.41, 5.74) is 5.87. The summed E-state index contributed by atoms with van der Waals surface area (Å²) in [5.74, 6) is 0.458. The molecule has 0 saturated carbocycles. The van der Waals surface area contributed by atoms with Gasteiger partial charge >= 0.3 is 0 Å². The maximum atomic E-state index is 12.5. The van der Waals surface area contributed by atoms with E-state index in [1.165, 1.54) is 13.3 Å². The maximum absolute atomic E-state index is 12.5. The minimum atomic E-state index is -0.477. The van der Waals surface area contributed by atoms with Crippen LogP contribution in [0.5, 0.6) is 0 Å². The van der Waals surface area contributed by atoms with Gasteiger partial charge in [-0.3, -0.25) is 9.59 Å². The van der Waals surface area contributed by atoms with Gasteiger partial charge in [-0.15, -0.1) is 0 Å². The van der Waals surface area contributed by atoms with Crippen molar-refractivity contribution in [2.24, 2.45) is 0 Å². The Balaban J connectivity index is 0.00000210. The number of nitrogen functional groups attached to an aromatic ring is 1. The molecule has 1 aliphatic heterocycles. The van der Waals surface area contributed by atoms with E-state index in [9.17, 15) is 9.59 Å². The molecule has 2 aromatic heterocycles. The lowest BCUT2D eigenvalue weighted by Crippen LogP contribution is -2.50. The van der Waals surface area contributed by atoms with Crippen LogP contribution in [0.3, 0.4) is 0 Å². The summed E-state index contributed by atoms with van der Waals surface area (Å²) in [6, 6.07) is 5.18. The topological polar surface area (TPSA) is 127 Å². The third-order valence-electron chi connectivity index (χ3n) is 4.13. The average Bonchev–Trinajstić information content (AvgIpc) is 2.69. The van der Waals surface area contributed by atoms with E-state index in [0.717, 1.165) is 0 Å². The van der Waals surface area contributed by atoms with Gasteiger partial charge in [-0.1, -0.05) is 6.07 Å². The lowest BCUT2D eigenvalue weighted by molar-refractivity contribution is -0.135. The summed E-state index contributed by atoms with van der Waals surface area (Å²) in [7, 11) is 1.50. The highest BCUT2D eigenvalue weighted by molar-refractivity contribution is 6.05. The Kier molecular flexibility index (Phi) is 5.77. The minimum Gasteiger partial charge on any atom is -0.382 e. The third-order valence-corrected chi connectivity index (χ3v) is 4.13. The highest BCUT2D eigenvalue weighted by atomic mass is 16.5. The van der Waals surface area contributed by atoms with Crippen LogP contribution in [0.1, 0.15) is 13.3 Å². The van der Waals surface area contributed by atoms with Crippen LogP contribution in [-0.4, -0.2) is 71.6 Å². The fraction of sp³-hybridized carbons (Fsp3) is 0.353. The van der Waals surface area contributed by atoms with Crippen LogP contribution >= 0.6 is 0 Å². The molecule has 0 aromatic carbocycles. The van der Waals surface area contributed by atoms with Crippen molar-refractivity contribution < 1.29 is 17.2 Å². The largest absolute Gasteiger partial charge is 0.382 e. The molecule has 1 aliphatic rings. The van der Waals surface area contributed by atoms with Gasteiger partial charge in [-0.25, -0.2) is 15.0 Å². The number of anilines is 3. The summed E-state index contributed by atoms with van der Waals surface area (Å²) < 4.78 is 4.88. The quantitative estimate of drug-likeness (QED) is 0.773. The number of nitrogens with two attached hydrogens (primary N) is 1. The number of hydrogen-bond donors (Lipinski definition) is 2. The van der Waals surface area contributed by atoms with Gasteiger partial charge in [0.05, 0.1) is 6.20 Å². The van der Waals surface area contributed by atoms with Gasteiger partial charge in [0.15, 0.2) is 11.5 Å². The van der Waals surface area contributed by atoms with E-state index < -0.39 is 5.91 Å². The Morgan fingerprint density at radius 2 is 2.04 bits per heavy atom. The molecule has 1 fully saturated rings. The molecule has 3 rings (SSSR count). The van der Waals surface area contributed by atoms with Gasteiger partial charge in [0.2, 0.25) is 5.91 Å². The van der Waals surface area contributed by atoms with Crippen molar-refractivity contribution in [2.45, 2.75) is 0 Å². The number of carbonyl (C=O) groups excluding carboxylic acids is 2. The highest BCUT2D eigenvalue weighted by Crippen LogP contribution is 2.17. The van der Waals surface area contributed by atoms with Crippen LogP contribution in [0.4, 0.5) is 17.5 Å². The first kappa shape index (κ1) is 18.5. The van der Waals surface area contributed by atoms with E-state index in [2.05, 4.69) is 20.3 Å². The molecule has 2 aromatic rings. The Hall–Kier alpha value is -3.27. The molecule has 0 aliphatic carbocycles. The summed E-state index contributed by atoms with van der Waals surface area (Å²) in [5, 5.41) is 2.65. The van der Waals surface area contributed by atoms with Crippen LogP contribution in [0, 0.1) is 0 Å². The average molecular weight is 375 g/mol. The standard InChI is InChI=1S/C17H21N7O3.2H2/c1-27-11-14(25)24-8-6-23(7-9-24)13-10-20-16(18)15(22-13)17(26)21-12-4-2-3-5-19-12;;/h2-5,10H,6-9,11H2,1H3,(H2,18,20)(H,19,21,26);2*1H. The molecule has 0 atom stereocenters. The van der Waals surface area contributed by atoms with Crippen molar-refractivity contribution in [1.29, 1.82) is 0 Å². The van der Waals surface area contributed by atoms with Crippen molar-refractivity contribution in [3.63, 3.8) is 0 Å². The van der Waals surface area contributed by atoms with Crippen LogP contribution in [0.15, 0.2) is 30.6 Å². The zero-order valence-electron chi connectivity index (χ0n) is 15.0. The highest BCUT2D eigenvalue weighted by Gasteiger charge is 2.23. The van der Waals surface area contributed by atoms with E-state index in [4.69, 9.17) is 10.5 Å². The molecular formula is C17H25N7O3. The van der Waals surface area contributed by atoms with Gasteiger partial charge in [0.1, 0.15) is 18.2 Å². The molecule has 10 heteroatoms. The molecule has 0 radical (unpaired) electrons. The zero-order chi connectivity index (χ0) is 19.2. The maximum Gasteiger partial charge on any atom is 0.279 e. The Labute approximate surface area is 159 Å². The number of hydrogen-bond acceptors (Lipinski definition) is 8. The molecule has 0 bridgehead atoms. The Morgan fingerprint density at radius 3 is 2.70 bits per heavy atom. The van der Waals surface area contributed by atoms with Crippen molar-refractivity contribution in [2.75, 3.05) is 55.8 Å². The number of aromatic nitrogens is 3. The van der Waals surface area contributed by atoms with E-state index in [-0.39, 0.29) is 26.9 Å². The number of amides is 2. The molecule has 3 N–H and O–H groups in total. The summed E-state index contributed by atoms with van der Waals surface area (Å²) in [6.45, 7) is 2.32. The Morgan fingerprint density at radius 1 is 1.26 bits per heavy atom. The lowest BCUT2D eigenvalue weighted by atomic mass is 10.3. The SMILES string of the molecule is COCC(=O)N1CCN(c2cnc(N)c(C(=O)Nc3ccccn3)n2)CC1.[HH].[HH]. The molecule has 0 unspecified atom stereocenters. The van der Waals surface area contributed by atoms with Crippen LogP contribution < -0.4 is 16.0 Å². The van der Waals surface area contributed by atoms with E-state index in [1.54, 1.807) is 29.3 Å². The predicted octanol–water partition coefficient (Wildman–Crippen LogP) is 0.493. The van der Waals surface area contributed by atoms with E-state index in [1.807, 2.05) is 4.90 Å². The van der Waals surface area contributed by atoms with Crippen LogP contribution in [0.25, 0.3) is 0 Å². The van der Waals surface area contributed by atoms with Crippen molar-refractivity contribution in [3.05, 3.63) is 36.3 Å². The minimum absolute atomic E-state index is 0. The molecule has 2 amide bonds. The molecule has 0 spiro atoms. The molecular weight excluding hydrogens is 350 g/mol. The fourth-order valence-electron chi connectivity index (χ4n) is 2.72. The second kappa shape index (κ2) is 8.41.